The maximum absolute atomic E-state index is 12.1. The van der Waals surface area contributed by atoms with Crippen molar-refractivity contribution in [2.75, 3.05) is 19.4 Å². The number of aromatic nitrogens is 1. The molecule has 1 aromatic carbocycles. The van der Waals surface area contributed by atoms with Crippen LogP contribution in [0.5, 0.6) is 0 Å². The van der Waals surface area contributed by atoms with Crippen LogP contribution in [0, 0.1) is 0 Å². The first-order valence-corrected chi connectivity index (χ1v) is 8.88. The fraction of sp³-hybridized carbons (Fsp3) is 0.333. The molecule has 0 bridgehead atoms. The molecule has 0 radical (unpaired) electrons. The van der Waals surface area contributed by atoms with Gasteiger partial charge in [-0.2, -0.15) is 0 Å². The number of nitrogens with zero attached hydrogens (tertiary/aromatic N) is 1. The number of hydrogen-bond donors (Lipinski definition) is 1. The molecule has 122 valence electrons. The van der Waals surface area contributed by atoms with Crippen LogP contribution in [-0.2, 0) is 4.74 Å². The molecule has 0 aliphatic heterocycles. The van der Waals surface area contributed by atoms with Crippen molar-refractivity contribution in [1.82, 2.24) is 10.3 Å². The molecular weight excluding hydrogens is 308 g/mol. The summed E-state index contributed by atoms with van der Waals surface area (Å²) in [5.74, 6) is -0.0847. The summed E-state index contributed by atoms with van der Waals surface area (Å²) in [6.07, 6.45) is 4.45. The molecule has 0 fully saturated rings. The average Bonchev–Trinajstić information content (AvgIpc) is 2.61. The molecule has 5 heteroatoms. The first-order chi connectivity index (χ1) is 11.2. The normalized spacial score (nSPS) is 11.9. The minimum atomic E-state index is -0.0847. The van der Waals surface area contributed by atoms with Gasteiger partial charge in [-0.15, -0.1) is 11.8 Å². The SMILES string of the molecule is CSc1ncccc1C(=O)NCCCOC(C)c1ccccc1. The van der Waals surface area contributed by atoms with Gasteiger partial charge in [0, 0.05) is 19.3 Å². The molecule has 1 N–H and O–H groups in total. The predicted molar refractivity (Wildman–Crippen MR) is 93.8 cm³/mol. The van der Waals surface area contributed by atoms with Crippen LogP contribution in [0.4, 0.5) is 0 Å². The highest BCUT2D eigenvalue weighted by molar-refractivity contribution is 7.98. The third-order valence-electron chi connectivity index (χ3n) is 3.45. The number of nitrogens with one attached hydrogen (secondary N) is 1. The summed E-state index contributed by atoms with van der Waals surface area (Å²) < 4.78 is 5.79. The molecule has 0 aliphatic rings. The van der Waals surface area contributed by atoms with Crippen molar-refractivity contribution < 1.29 is 9.53 Å². The number of thioether (sulfide) groups is 1. The molecule has 23 heavy (non-hydrogen) atoms. The van der Waals surface area contributed by atoms with E-state index in [1.54, 1.807) is 18.3 Å². The smallest absolute Gasteiger partial charge is 0.254 e. The molecule has 0 aliphatic carbocycles. The maximum Gasteiger partial charge on any atom is 0.254 e. The van der Waals surface area contributed by atoms with Gasteiger partial charge in [0.05, 0.1) is 11.7 Å². The molecule has 1 unspecified atom stereocenters. The molecule has 0 saturated heterocycles. The van der Waals surface area contributed by atoms with Crippen molar-refractivity contribution in [2.24, 2.45) is 0 Å². The second-order valence-corrected chi connectivity index (χ2v) is 5.89. The van der Waals surface area contributed by atoms with E-state index in [1.165, 1.54) is 11.8 Å². The van der Waals surface area contributed by atoms with Gasteiger partial charge < -0.3 is 10.1 Å². The predicted octanol–water partition coefficient (Wildman–Crippen LogP) is 3.70. The molecule has 2 aromatic rings. The average molecular weight is 330 g/mol. The quantitative estimate of drug-likeness (QED) is 0.592. The Hall–Kier alpha value is -1.85. The van der Waals surface area contributed by atoms with Gasteiger partial charge in [0.25, 0.3) is 5.91 Å². The number of carbonyl (C=O) groups excluding carboxylic acids is 1. The Balaban J connectivity index is 1.70. The summed E-state index contributed by atoms with van der Waals surface area (Å²) in [5, 5.41) is 3.66. The summed E-state index contributed by atoms with van der Waals surface area (Å²) >= 11 is 1.47. The Labute approximate surface area is 141 Å². The van der Waals surface area contributed by atoms with Gasteiger partial charge in [-0.3, -0.25) is 4.79 Å². The molecule has 0 saturated carbocycles. The fourth-order valence-corrected chi connectivity index (χ4v) is 2.72. The summed E-state index contributed by atoms with van der Waals surface area (Å²) in [5.41, 5.74) is 1.79. The van der Waals surface area contributed by atoms with Crippen LogP contribution in [0.3, 0.4) is 0 Å². The van der Waals surface area contributed by atoms with E-state index in [-0.39, 0.29) is 12.0 Å². The number of ether oxygens (including phenoxy) is 1. The molecule has 1 heterocycles. The van der Waals surface area contributed by atoms with E-state index >= 15 is 0 Å². The third-order valence-corrected chi connectivity index (χ3v) is 4.16. The summed E-state index contributed by atoms with van der Waals surface area (Å²) in [6.45, 7) is 3.23. The standard InChI is InChI=1S/C18H22N2O2S/c1-14(15-8-4-3-5-9-15)22-13-7-12-19-17(21)16-10-6-11-20-18(16)23-2/h3-6,8-11,14H,7,12-13H2,1-2H3,(H,19,21). The topological polar surface area (TPSA) is 51.2 Å². The van der Waals surface area contributed by atoms with E-state index in [1.807, 2.05) is 31.4 Å². The lowest BCUT2D eigenvalue weighted by atomic mass is 10.1. The van der Waals surface area contributed by atoms with Crippen LogP contribution < -0.4 is 5.32 Å². The van der Waals surface area contributed by atoms with E-state index in [0.717, 1.165) is 17.0 Å². The van der Waals surface area contributed by atoms with Gasteiger partial charge in [-0.1, -0.05) is 30.3 Å². The van der Waals surface area contributed by atoms with E-state index in [4.69, 9.17) is 4.74 Å². The van der Waals surface area contributed by atoms with Gasteiger partial charge >= 0.3 is 0 Å². The van der Waals surface area contributed by atoms with Crippen LogP contribution in [-0.4, -0.2) is 30.3 Å². The Morgan fingerprint density at radius 1 is 1.26 bits per heavy atom. The molecule has 4 nitrogen and oxygen atoms in total. The van der Waals surface area contributed by atoms with E-state index in [0.29, 0.717) is 18.7 Å². The summed E-state index contributed by atoms with van der Waals surface area (Å²) in [6, 6.07) is 13.7. The first-order valence-electron chi connectivity index (χ1n) is 7.66. The minimum absolute atomic E-state index is 0.0633. The van der Waals surface area contributed by atoms with Gasteiger partial charge in [0.2, 0.25) is 0 Å². The largest absolute Gasteiger partial charge is 0.374 e. The second kappa shape index (κ2) is 9.33. The zero-order valence-electron chi connectivity index (χ0n) is 13.5. The number of hydrogen-bond acceptors (Lipinski definition) is 4. The van der Waals surface area contributed by atoms with Crippen LogP contribution in [0.15, 0.2) is 53.7 Å². The van der Waals surface area contributed by atoms with E-state index in [2.05, 4.69) is 22.4 Å². The van der Waals surface area contributed by atoms with Gasteiger partial charge in [0.1, 0.15) is 5.03 Å². The van der Waals surface area contributed by atoms with E-state index < -0.39 is 0 Å². The van der Waals surface area contributed by atoms with Crippen molar-refractivity contribution in [3.63, 3.8) is 0 Å². The minimum Gasteiger partial charge on any atom is -0.374 e. The van der Waals surface area contributed by atoms with Gasteiger partial charge in [-0.25, -0.2) is 4.98 Å². The van der Waals surface area contributed by atoms with Gasteiger partial charge in [-0.05, 0) is 37.3 Å². The fourth-order valence-electron chi connectivity index (χ4n) is 2.18. The number of amides is 1. The van der Waals surface area contributed by atoms with Crippen molar-refractivity contribution in [3.05, 3.63) is 59.8 Å². The first kappa shape index (κ1) is 17.5. The van der Waals surface area contributed by atoms with Crippen molar-refractivity contribution >= 4 is 17.7 Å². The number of pyridine rings is 1. The van der Waals surface area contributed by atoms with Gasteiger partial charge in [0.15, 0.2) is 0 Å². The van der Waals surface area contributed by atoms with Crippen molar-refractivity contribution in [3.8, 4) is 0 Å². The van der Waals surface area contributed by atoms with E-state index in [9.17, 15) is 4.79 Å². The Bertz CT molecular complexity index is 619. The highest BCUT2D eigenvalue weighted by atomic mass is 32.2. The van der Waals surface area contributed by atoms with Crippen LogP contribution in [0.25, 0.3) is 0 Å². The number of rotatable bonds is 8. The molecule has 0 spiro atoms. The number of benzene rings is 1. The third kappa shape index (κ3) is 5.37. The zero-order chi connectivity index (χ0) is 16.5. The zero-order valence-corrected chi connectivity index (χ0v) is 14.3. The lowest BCUT2D eigenvalue weighted by Gasteiger charge is -2.13. The molecular formula is C18H22N2O2S. The van der Waals surface area contributed by atoms with Crippen LogP contribution in [0.2, 0.25) is 0 Å². The highest BCUT2D eigenvalue weighted by Gasteiger charge is 2.10. The van der Waals surface area contributed by atoms with Crippen LogP contribution >= 0.6 is 11.8 Å². The molecule has 1 aromatic heterocycles. The molecule has 2 rings (SSSR count). The second-order valence-electron chi connectivity index (χ2n) is 5.09. The van der Waals surface area contributed by atoms with Crippen molar-refractivity contribution in [2.45, 2.75) is 24.5 Å². The summed E-state index contributed by atoms with van der Waals surface area (Å²) in [7, 11) is 0. The Morgan fingerprint density at radius 3 is 2.78 bits per heavy atom. The number of carbonyl (C=O) groups is 1. The Kier molecular flexibility index (Phi) is 7.10. The molecule has 1 amide bonds. The lowest BCUT2D eigenvalue weighted by molar-refractivity contribution is 0.0634. The maximum atomic E-state index is 12.1. The van der Waals surface area contributed by atoms with Crippen LogP contribution in [0.1, 0.15) is 35.4 Å². The highest BCUT2D eigenvalue weighted by Crippen LogP contribution is 2.17. The molecule has 1 atom stereocenters. The lowest BCUT2D eigenvalue weighted by Crippen LogP contribution is -2.26. The summed E-state index contributed by atoms with van der Waals surface area (Å²) in [4.78, 5) is 16.3. The Morgan fingerprint density at radius 2 is 2.04 bits per heavy atom. The van der Waals surface area contributed by atoms with Crippen molar-refractivity contribution in [1.29, 1.82) is 0 Å². The monoisotopic (exact) mass is 330 g/mol.